The second-order valence-corrected chi connectivity index (χ2v) is 7.84. The number of aromatic hydroxyl groups is 1. The van der Waals surface area contributed by atoms with Crippen LogP contribution in [0.15, 0.2) is 95.4 Å². The lowest BCUT2D eigenvalue weighted by Gasteiger charge is -2.12. The zero-order chi connectivity index (χ0) is 23.7. The molecule has 0 unspecified atom stereocenters. The van der Waals surface area contributed by atoms with E-state index in [4.69, 9.17) is 11.6 Å². The molecule has 0 aliphatic rings. The Morgan fingerprint density at radius 2 is 1.91 bits per heavy atom. The first-order chi connectivity index (χ1) is 16.6. The van der Waals surface area contributed by atoms with Gasteiger partial charge in [0.05, 0.1) is 6.20 Å². The number of rotatable bonds is 4. The molecular weight excluding hydrogens is 456 g/mol. The lowest BCUT2D eigenvalue weighted by atomic mass is 10.0. The number of hydrogen-bond donors (Lipinski definition) is 1. The SMILES string of the molecule is O=c1c(-c2ccc(/C(=N/[O-])n3cccn3)cc2)c(O)[n+](Cc2ccc(Cl)nc2)c2ccccn12. The van der Waals surface area contributed by atoms with E-state index >= 15 is 0 Å². The summed E-state index contributed by atoms with van der Waals surface area (Å²) in [4.78, 5) is 17.4. The van der Waals surface area contributed by atoms with Gasteiger partial charge in [0.2, 0.25) is 0 Å². The van der Waals surface area contributed by atoms with E-state index in [0.29, 0.717) is 21.9 Å². The largest absolute Gasteiger partial charge is 0.790 e. The average Bonchev–Trinajstić information content (AvgIpc) is 3.39. The number of hydrogen-bond acceptors (Lipinski definition) is 6. The van der Waals surface area contributed by atoms with E-state index in [-0.39, 0.29) is 29.4 Å². The normalized spacial score (nSPS) is 11.7. The Morgan fingerprint density at radius 3 is 2.59 bits per heavy atom. The van der Waals surface area contributed by atoms with Crippen LogP contribution in [0.2, 0.25) is 5.15 Å². The quantitative estimate of drug-likeness (QED) is 0.142. The van der Waals surface area contributed by atoms with E-state index in [1.165, 1.54) is 9.08 Å². The highest BCUT2D eigenvalue weighted by Crippen LogP contribution is 2.24. The van der Waals surface area contributed by atoms with Crippen LogP contribution >= 0.6 is 11.6 Å². The fraction of sp³-hybridized carbons (Fsp3) is 0.0417. The molecule has 0 spiro atoms. The molecule has 4 heterocycles. The van der Waals surface area contributed by atoms with Crippen LogP contribution in [-0.4, -0.2) is 30.1 Å². The molecule has 34 heavy (non-hydrogen) atoms. The van der Waals surface area contributed by atoms with Crippen molar-refractivity contribution in [2.45, 2.75) is 6.54 Å². The molecule has 10 heteroatoms. The van der Waals surface area contributed by atoms with Crippen molar-refractivity contribution < 1.29 is 9.67 Å². The van der Waals surface area contributed by atoms with E-state index in [0.717, 1.165) is 5.56 Å². The molecule has 0 radical (unpaired) electrons. The summed E-state index contributed by atoms with van der Waals surface area (Å²) in [6, 6.07) is 17.1. The van der Waals surface area contributed by atoms with Gasteiger partial charge >= 0.3 is 5.56 Å². The molecular formula is C24H17ClN6O3. The molecule has 9 nitrogen and oxygen atoms in total. The smallest absolute Gasteiger partial charge is 0.354 e. The maximum atomic E-state index is 13.3. The van der Waals surface area contributed by atoms with Crippen LogP contribution in [0.4, 0.5) is 0 Å². The molecule has 0 fully saturated rings. The van der Waals surface area contributed by atoms with Crippen LogP contribution in [0.5, 0.6) is 5.88 Å². The second-order valence-electron chi connectivity index (χ2n) is 7.45. The van der Waals surface area contributed by atoms with Crippen LogP contribution in [-0.2, 0) is 6.54 Å². The van der Waals surface area contributed by atoms with Crippen molar-refractivity contribution in [3.05, 3.63) is 117 Å². The summed E-state index contributed by atoms with van der Waals surface area (Å²) in [6.45, 7) is 0.265. The van der Waals surface area contributed by atoms with Gasteiger partial charge in [0, 0.05) is 35.8 Å². The number of benzene rings is 1. The summed E-state index contributed by atoms with van der Waals surface area (Å²) >= 11 is 5.90. The molecule has 0 saturated heterocycles. The molecule has 5 aromatic rings. The highest BCUT2D eigenvalue weighted by molar-refractivity contribution is 6.29. The summed E-state index contributed by atoms with van der Waals surface area (Å²) in [5.41, 5.74) is 2.06. The summed E-state index contributed by atoms with van der Waals surface area (Å²) in [5, 5.41) is 30.1. The van der Waals surface area contributed by atoms with Crippen LogP contribution in [0.25, 0.3) is 16.8 Å². The zero-order valence-corrected chi connectivity index (χ0v) is 18.4. The van der Waals surface area contributed by atoms with Crippen LogP contribution in [0, 0.1) is 5.21 Å². The number of aromatic nitrogens is 5. The van der Waals surface area contributed by atoms with E-state index in [9.17, 15) is 15.1 Å². The van der Waals surface area contributed by atoms with Gasteiger partial charge in [-0.3, -0.25) is 0 Å². The number of fused-ring (bicyclic) bond motifs is 1. The molecule has 1 aromatic carbocycles. The highest BCUT2D eigenvalue weighted by atomic mass is 35.5. The summed E-state index contributed by atoms with van der Waals surface area (Å²) in [5.74, 6) is -0.0787. The zero-order valence-electron chi connectivity index (χ0n) is 17.6. The van der Waals surface area contributed by atoms with E-state index in [2.05, 4.69) is 15.2 Å². The van der Waals surface area contributed by atoms with Gasteiger partial charge in [0.25, 0.3) is 11.5 Å². The number of nitrogens with zero attached hydrogens (tertiary/aromatic N) is 6. The minimum absolute atomic E-state index is 0.112. The summed E-state index contributed by atoms with van der Waals surface area (Å²) < 4.78 is 4.46. The van der Waals surface area contributed by atoms with Gasteiger partial charge in [-0.05, 0) is 23.8 Å². The Morgan fingerprint density at radius 1 is 1.09 bits per heavy atom. The van der Waals surface area contributed by atoms with Crippen LogP contribution in [0.3, 0.4) is 0 Å². The third-order valence-electron chi connectivity index (χ3n) is 5.40. The van der Waals surface area contributed by atoms with E-state index in [1.54, 1.807) is 90.0 Å². The van der Waals surface area contributed by atoms with Gasteiger partial charge in [0.1, 0.15) is 11.7 Å². The van der Waals surface area contributed by atoms with Crippen molar-refractivity contribution in [3.8, 4) is 17.0 Å². The Kier molecular flexibility index (Phi) is 5.52. The van der Waals surface area contributed by atoms with Gasteiger partial charge < -0.3 is 15.5 Å². The van der Waals surface area contributed by atoms with Gasteiger partial charge in [-0.2, -0.15) is 14.1 Å². The van der Waals surface area contributed by atoms with Crippen molar-refractivity contribution in [3.63, 3.8) is 0 Å². The maximum Gasteiger partial charge on any atom is 0.354 e. The molecule has 0 aliphatic carbocycles. The Labute approximate surface area is 198 Å². The lowest BCUT2D eigenvalue weighted by molar-refractivity contribution is -0.671. The summed E-state index contributed by atoms with van der Waals surface area (Å²) in [6.07, 6.45) is 6.42. The van der Waals surface area contributed by atoms with Crippen LogP contribution in [0.1, 0.15) is 11.1 Å². The number of pyridine rings is 2. The first-order valence-corrected chi connectivity index (χ1v) is 10.6. The average molecular weight is 473 g/mol. The second kappa shape index (κ2) is 8.80. The van der Waals surface area contributed by atoms with Gasteiger partial charge in [-0.1, -0.05) is 48.0 Å². The molecule has 4 aromatic heterocycles. The van der Waals surface area contributed by atoms with Crippen molar-refractivity contribution in [1.82, 2.24) is 19.2 Å². The first-order valence-electron chi connectivity index (χ1n) is 10.2. The molecule has 0 atom stereocenters. The fourth-order valence-electron chi connectivity index (χ4n) is 3.78. The van der Waals surface area contributed by atoms with Gasteiger partial charge in [-0.15, -0.1) is 0 Å². The van der Waals surface area contributed by atoms with Crippen molar-refractivity contribution in [2.75, 3.05) is 0 Å². The van der Waals surface area contributed by atoms with Crippen LogP contribution < -0.4 is 10.1 Å². The predicted molar refractivity (Wildman–Crippen MR) is 127 cm³/mol. The van der Waals surface area contributed by atoms with E-state index < -0.39 is 0 Å². The Balaban J connectivity index is 1.64. The predicted octanol–water partition coefficient (Wildman–Crippen LogP) is 3.05. The third-order valence-corrected chi connectivity index (χ3v) is 5.62. The molecule has 168 valence electrons. The number of halogens is 1. The van der Waals surface area contributed by atoms with Crippen molar-refractivity contribution in [1.29, 1.82) is 0 Å². The standard InChI is InChI=1S/C24H17ClN6O3/c25-19-10-5-16(14-26-19)15-30-20-4-1-2-12-29(20)23(32)21(24(30)33)17-6-8-18(9-7-17)22(28-34)31-13-3-11-27-31/h1-14H,15H2,(H-,28,32,33,34). The molecule has 0 amide bonds. The molecule has 0 aliphatic heterocycles. The molecule has 5 rings (SSSR count). The van der Waals surface area contributed by atoms with Crippen molar-refractivity contribution >= 4 is 23.1 Å². The van der Waals surface area contributed by atoms with Gasteiger partial charge in [0.15, 0.2) is 11.4 Å². The molecule has 0 saturated carbocycles. The minimum Gasteiger partial charge on any atom is -0.790 e. The van der Waals surface area contributed by atoms with E-state index in [1.807, 2.05) is 0 Å². The highest BCUT2D eigenvalue weighted by Gasteiger charge is 2.25. The minimum atomic E-state index is -0.379. The molecule has 1 N–H and O–H groups in total. The van der Waals surface area contributed by atoms with Gasteiger partial charge in [-0.25, -0.2) is 14.5 Å². The fourth-order valence-corrected chi connectivity index (χ4v) is 3.90. The molecule has 0 bridgehead atoms. The third kappa shape index (κ3) is 3.78. The lowest BCUT2D eigenvalue weighted by Crippen LogP contribution is -2.41. The maximum absolute atomic E-state index is 13.3. The van der Waals surface area contributed by atoms with Crippen molar-refractivity contribution in [2.24, 2.45) is 5.16 Å². The first kappa shape index (κ1) is 21.4. The Hall–Kier alpha value is -4.50. The summed E-state index contributed by atoms with van der Waals surface area (Å²) in [7, 11) is 0. The Bertz CT molecular complexity index is 1560. The monoisotopic (exact) mass is 472 g/mol. The topological polar surface area (TPSA) is 112 Å².